The largest absolute Gasteiger partial charge is 0.444 e. The van der Waals surface area contributed by atoms with E-state index >= 15 is 0 Å². The van der Waals surface area contributed by atoms with E-state index in [0.29, 0.717) is 18.4 Å². The lowest BCUT2D eigenvalue weighted by molar-refractivity contribution is 0.0127. The molecule has 24 heavy (non-hydrogen) atoms. The lowest BCUT2D eigenvalue weighted by atomic mass is 9.86. The van der Waals surface area contributed by atoms with Crippen LogP contribution in [0.4, 0.5) is 13.6 Å². The highest BCUT2D eigenvalue weighted by Gasteiger charge is 2.61. The highest BCUT2D eigenvalue weighted by Crippen LogP contribution is 2.60. The Bertz CT molecular complexity index is 702. The molecule has 2 fully saturated rings. The van der Waals surface area contributed by atoms with Crippen LogP contribution in [0.2, 0.25) is 0 Å². The van der Waals surface area contributed by atoms with Crippen molar-refractivity contribution >= 4 is 6.09 Å². The van der Waals surface area contributed by atoms with Gasteiger partial charge in [0.2, 0.25) is 0 Å². The fourth-order valence-corrected chi connectivity index (χ4v) is 3.62. The van der Waals surface area contributed by atoms with Crippen LogP contribution in [-0.4, -0.2) is 29.2 Å². The van der Waals surface area contributed by atoms with Crippen molar-refractivity contribution in [3.8, 4) is 6.07 Å². The van der Waals surface area contributed by atoms with Gasteiger partial charge in [0.25, 0.3) is 0 Å². The zero-order valence-electron chi connectivity index (χ0n) is 14.0. The first kappa shape index (κ1) is 16.7. The molecule has 1 saturated carbocycles. The molecule has 0 spiro atoms. The lowest BCUT2D eigenvalue weighted by Crippen LogP contribution is -2.50. The molecule has 3 unspecified atom stereocenters. The zero-order chi connectivity index (χ0) is 17.7. The van der Waals surface area contributed by atoms with Crippen molar-refractivity contribution < 1.29 is 18.3 Å². The third-order valence-electron chi connectivity index (χ3n) is 4.78. The van der Waals surface area contributed by atoms with Gasteiger partial charge in [0.05, 0.1) is 6.07 Å². The van der Waals surface area contributed by atoms with Crippen LogP contribution in [0.5, 0.6) is 0 Å². The number of hydrogen-bond donors (Lipinski definition) is 0. The fourth-order valence-electron chi connectivity index (χ4n) is 3.62. The topological polar surface area (TPSA) is 53.3 Å². The molecule has 0 radical (unpaired) electrons. The number of ether oxygens (including phenoxy) is 1. The summed E-state index contributed by atoms with van der Waals surface area (Å²) in [7, 11) is 0. The van der Waals surface area contributed by atoms with Crippen LogP contribution >= 0.6 is 0 Å². The summed E-state index contributed by atoms with van der Waals surface area (Å²) in [6, 6.07) is 5.06. The number of fused-ring (bicyclic) bond motifs is 1. The van der Waals surface area contributed by atoms with Gasteiger partial charge in [-0.15, -0.1) is 0 Å². The van der Waals surface area contributed by atoms with Gasteiger partial charge >= 0.3 is 6.09 Å². The van der Waals surface area contributed by atoms with Crippen LogP contribution in [0.3, 0.4) is 0 Å². The predicted octanol–water partition coefficient (Wildman–Crippen LogP) is 3.76. The van der Waals surface area contributed by atoms with Gasteiger partial charge in [0, 0.05) is 18.0 Å². The Kier molecular flexibility index (Phi) is 3.78. The van der Waals surface area contributed by atoms with Gasteiger partial charge in [-0.1, -0.05) is 0 Å². The highest BCUT2D eigenvalue weighted by molar-refractivity contribution is 5.70. The molecule has 0 aromatic heterocycles. The van der Waals surface area contributed by atoms with Gasteiger partial charge in [-0.05, 0) is 57.2 Å². The van der Waals surface area contributed by atoms with E-state index in [-0.39, 0.29) is 12.5 Å². The summed E-state index contributed by atoms with van der Waals surface area (Å²) in [5.41, 5.74) is -0.599. The third-order valence-corrected chi connectivity index (χ3v) is 4.78. The van der Waals surface area contributed by atoms with Crippen molar-refractivity contribution in [2.75, 3.05) is 6.54 Å². The van der Waals surface area contributed by atoms with E-state index in [4.69, 9.17) is 4.74 Å². The number of likely N-dealkylation sites (tertiary alicyclic amines) is 1. The van der Waals surface area contributed by atoms with Crippen molar-refractivity contribution in [2.24, 2.45) is 5.92 Å². The van der Waals surface area contributed by atoms with Crippen molar-refractivity contribution in [1.29, 1.82) is 5.26 Å². The summed E-state index contributed by atoms with van der Waals surface area (Å²) in [6.45, 7) is 5.52. The Morgan fingerprint density at radius 3 is 2.50 bits per heavy atom. The molecule has 128 valence electrons. The van der Waals surface area contributed by atoms with Gasteiger partial charge in [-0.25, -0.2) is 13.6 Å². The van der Waals surface area contributed by atoms with Gasteiger partial charge in [-0.3, -0.25) is 4.90 Å². The van der Waals surface area contributed by atoms with Crippen molar-refractivity contribution in [2.45, 2.75) is 50.7 Å². The molecule has 3 atom stereocenters. The average molecular weight is 334 g/mol. The van der Waals surface area contributed by atoms with E-state index in [0.717, 1.165) is 6.07 Å². The molecule has 1 saturated heterocycles. The van der Waals surface area contributed by atoms with E-state index < -0.39 is 34.8 Å². The number of rotatable bonds is 1. The molecule has 3 rings (SSSR count). The summed E-state index contributed by atoms with van der Waals surface area (Å²) >= 11 is 0. The van der Waals surface area contributed by atoms with Crippen LogP contribution in [0.25, 0.3) is 0 Å². The standard InChI is InChI=1S/C18H20F2N2O2/c1-17(2,3)24-16(23)22-10-18(8-12(18)6-15(22)9-21)11-4-13(19)7-14(20)5-11/h4-5,7,12,15H,6,8,10H2,1-3H3. The molecule has 0 bridgehead atoms. The van der Waals surface area contributed by atoms with E-state index in [2.05, 4.69) is 6.07 Å². The molecule has 1 amide bonds. The van der Waals surface area contributed by atoms with E-state index in [1.165, 1.54) is 17.0 Å². The maximum absolute atomic E-state index is 13.6. The third kappa shape index (κ3) is 2.95. The second-order valence-corrected chi connectivity index (χ2v) is 7.70. The number of carbonyl (C=O) groups is 1. The minimum Gasteiger partial charge on any atom is -0.444 e. The van der Waals surface area contributed by atoms with Gasteiger partial charge in [0.15, 0.2) is 0 Å². The number of nitrogens with zero attached hydrogens (tertiary/aromatic N) is 2. The predicted molar refractivity (Wildman–Crippen MR) is 83.1 cm³/mol. The smallest absolute Gasteiger partial charge is 0.411 e. The van der Waals surface area contributed by atoms with Crippen LogP contribution < -0.4 is 0 Å². The summed E-state index contributed by atoms with van der Waals surface area (Å²) in [6.07, 6.45) is 0.650. The fraction of sp³-hybridized carbons (Fsp3) is 0.556. The summed E-state index contributed by atoms with van der Waals surface area (Å²) < 4.78 is 32.6. The maximum atomic E-state index is 13.6. The van der Waals surface area contributed by atoms with Crippen LogP contribution in [0, 0.1) is 28.9 Å². The monoisotopic (exact) mass is 334 g/mol. The first-order chi connectivity index (χ1) is 11.1. The highest BCUT2D eigenvalue weighted by atomic mass is 19.1. The minimum absolute atomic E-state index is 0.155. The van der Waals surface area contributed by atoms with Crippen LogP contribution in [-0.2, 0) is 10.2 Å². The lowest BCUT2D eigenvalue weighted by Gasteiger charge is -2.37. The van der Waals surface area contributed by atoms with Gasteiger partial charge in [0.1, 0.15) is 23.3 Å². The average Bonchev–Trinajstić information content (AvgIpc) is 3.17. The molecule has 1 aliphatic heterocycles. The van der Waals surface area contributed by atoms with Crippen molar-refractivity contribution in [3.05, 3.63) is 35.4 Å². The van der Waals surface area contributed by atoms with E-state index in [9.17, 15) is 18.8 Å². The Labute approximate surface area is 140 Å². The minimum atomic E-state index is -0.671. The Morgan fingerprint density at radius 2 is 1.96 bits per heavy atom. The van der Waals surface area contributed by atoms with Crippen LogP contribution in [0.1, 0.15) is 39.2 Å². The second kappa shape index (κ2) is 5.44. The van der Waals surface area contributed by atoms with Gasteiger partial charge in [-0.2, -0.15) is 5.26 Å². The molecule has 1 aliphatic carbocycles. The summed E-state index contributed by atoms with van der Waals surface area (Å²) in [5.74, 6) is -1.10. The Hall–Kier alpha value is -2.16. The number of nitriles is 1. The number of carbonyl (C=O) groups excluding carboxylic acids is 1. The first-order valence-corrected chi connectivity index (χ1v) is 8.00. The zero-order valence-corrected chi connectivity index (χ0v) is 14.0. The number of halogens is 2. The maximum Gasteiger partial charge on any atom is 0.411 e. The molecule has 2 aliphatic rings. The summed E-state index contributed by atoms with van der Waals surface area (Å²) in [5, 5.41) is 9.37. The summed E-state index contributed by atoms with van der Waals surface area (Å²) in [4.78, 5) is 13.9. The molecule has 6 heteroatoms. The quantitative estimate of drug-likeness (QED) is 0.786. The normalized spacial score (nSPS) is 28.8. The molecular weight excluding hydrogens is 314 g/mol. The molecule has 0 N–H and O–H groups in total. The number of hydrogen-bond acceptors (Lipinski definition) is 3. The Morgan fingerprint density at radius 1 is 1.33 bits per heavy atom. The molecule has 1 aromatic carbocycles. The molecule has 4 nitrogen and oxygen atoms in total. The SMILES string of the molecule is CC(C)(C)OC(=O)N1CC2(c3cc(F)cc(F)c3)CC2CC1C#N. The second-order valence-electron chi connectivity index (χ2n) is 7.70. The first-order valence-electron chi connectivity index (χ1n) is 8.00. The van der Waals surface area contributed by atoms with Crippen molar-refractivity contribution in [1.82, 2.24) is 4.90 Å². The van der Waals surface area contributed by atoms with Crippen molar-refractivity contribution in [3.63, 3.8) is 0 Å². The molecule has 1 heterocycles. The Balaban J connectivity index is 1.89. The van der Waals surface area contributed by atoms with E-state index in [1.54, 1.807) is 20.8 Å². The van der Waals surface area contributed by atoms with E-state index in [1.807, 2.05) is 0 Å². The van der Waals surface area contributed by atoms with Gasteiger partial charge < -0.3 is 4.74 Å². The molecular formula is C18H20F2N2O2. The number of benzene rings is 1. The van der Waals surface area contributed by atoms with Crippen LogP contribution in [0.15, 0.2) is 18.2 Å². The molecule has 1 aromatic rings. The number of piperidine rings is 1. The number of amides is 1.